The van der Waals surface area contributed by atoms with Crippen molar-refractivity contribution >= 4 is 50.9 Å². The zero-order chi connectivity index (χ0) is 24.5. The third-order valence-corrected chi connectivity index (χ3v) is 6.43. The molecule has 2 aliphatic rings. The highest BCUT2D eigenvalue weighted by molar-refractivity contribution is 9.10. The monoisotopic (exact) mass is 544 g/mol. The normalized spacial score (nSPS) is 16.9. The van der Waals surface area contributed by atoms with Gasteiger partial charge in [0.15, 0.2) is 0 Å². The maximum absolute atomic E-state index is 12.5. The average Bonchev–Trinajstić information content (AvgIpc) is 3.23. The van der Waals surface area contributed by atoms with Crippen LogP contribution in [0.2, 0.25) is 5.02 Å². The number of methoxy groups -OCH3 is 1. The summed E-state index contributed by atoms with van der Waals surface area (Å²) in [6, 6.07) is 13.5. The number of hydrogen-bond acceptors (Lipinski definition) is 4. The van der Waals surface area contributed by atoms with Gasteiger partial charge in [-0.25, -0.2) is 15.1 Å². The summed E-state index contributed by atoms with van der Waals surface area (Å²) < 4.78 is 12.1. The van der Waals surface area contributed by atoms with Gasteiger partial charge in [-0.1, -0.05) is 39.7 Å². The molecule has 0 aliphatic carbocycles. The van der Waals surface area contributed by atoms with E-state index in [0.717, 1.165) is 45.7 Å². The zero-order valence-corrected chi connectivity index (χ0v) is 22.1. The summed E-state index contributed by atoms with van der Waals surface area (Å²) >= 11 is 9.89. The molecular weight excluding hydrogens is 518 g/mol. The predicted molar refractivity (Wildman–Crippen MR) is 139 cm³/mol. The molecule has 8 heteroatoms. The first kappa shape index (κ1) is 24.6. The number of rotatable bonds is 4. The smallest absolute Gasteiger partial charge is 0.410 e. The Labute approximate surface area is 214 Å². The fraction of sp³-hybridized carbons (Fsp3) is 0.385. The summed E-state index contributed by atoms with van der Waals surface area (Å²) in [5.41, 5.74) is 2.77. The SMILES string of the molecule is COc1ccc(Cl)cc1C1=C(c2cccc(Br)c2)[N]C(C2CCN(C(=O)OC(C)(C)C)CC2)=N1. The van der Waals surface area contributed by atoms with E-state index in [1.807, 2.05) is 57.2 Å². The van der Waals surface area contributed by atoms with Gasteiger partial charge in [0.1, 0.15) is 22.9 Å². The number of piperidine rings is 1. The average molecular weight is 546 g/mol. The number of likely N-dealkylation sites (tertiary alicyclic amines) is 1. The molecule has 0 unspecified atom stereocenters. The number of hydrogen-bond donors (Lipinski definition) is 0. The summed E-state index contributed by atoms with van der Waals surface area (Å²) in [4.78, 5) is 19.2. The lowest BCUT2D eigenvalue weighted by atomic mass is 9.95. The number of halogens is 2. The molecule has 2 heterocycles. The summed E-state index contributed by atoms with van der Waals surface area (Å²) in [5.74, 6) is 1.60. The number of aliphatic imine (C=N–C) groups is 1. The van der Waals surface area contributed by atoms with Crippen LogP contribution in [0.4, 0.5) is 4.79 Å². The van der Waals surface area contributed by atoms with Gasteiger partial charge in [0.2, 0.25) is 0 Å². The Morgan fingerprint density at radius 1 is 1.12 bits per heavy atom. The van der Waals surface area contributed by atoms with Gasteiger partial charge in [-0.15, -0.1) is 0 Å². The molecule has 1 radical (unpaired) electrons. The minimum Gasteiger partial charge on any atom is -0.496 e. The first-order valence-electron chi connectivity index (χ1n) is 11.3. The zero-order valence-electron chi connectivity index (χ0n) is 19.8. The van der Waals surface area contributed by atoms with Crippen LogP contribution >= 0.6 is 27.5 Å². The Hall–Kier alpha value is -2.51. The third-order valence-electron chi connectivity index (χ3n) is 5.70. The van der Waals surface area contributed by atoms with Crippen molar-refractivity contribution in [2.75, 3.05) is 20.2 Å². The maximum atomic E-state index is 12.5. The molecule has 4 rings (SSSR count). The molecule has 1 saturated heterocycles. The summed E-state index contributed by atoms with van der Waals surface area (Å²) in [6.07, 6.45) is 1.27. The summed E-state index contributed by atoms with van der Waals surface area (Å²) in [6.45, 7) is 6.85. The molecular formula is C26H28BrClN3O3. The summed E-state index contributed by atoms with van der Waals surface area (Å²) in [7, 11) is 1.63. The van der Waals surface area contributed by atoms with Gasteiger partial charge in [0.05, 0.1) is 12.8 Å². The van der Waals surface area contributed by atoms with Crippen LogP contribution in [0.5, 0.6) is 5.75 Å². The van der Waals surface area contributed by atoms with E-state index in [4.69, 9.17) is 31.4 Å². The number of carbonyl (C=O) groups excluding carboxylic acids is 1. The van der Waals surface area contributed by atoms with Crippen molar-refractivity contribution in [3.05, 3.63) is 63.1 Å². The van der Waals surface area contributed by atoms with E-state index in [-0.39, 0.29) is 12.0 Å². The Morgan fingerprint density at radius 2 is 1.85 bits per heavy atom. The van der Waals surface area contributed by atoms with E-state index >= 15 is 0 Å². The third kappa shape index (κ3) is 5.58. The molecule has 6 nitrogen and oxygen atoms in total. The highest BCUT2D eigenvalue weighted by atomic mass is 79.9. The second-order valence-electron chi connectivity index (χ2n) is 9.38. The van der Waals surface area contributed by atoms with E-state index in [1.165, 1.54) is 0 Å². The lowest BCUT2D eigenvalue weighted by Gasteiger charge is -2.33. The Morgan fingerprint density at radius 3 is 2.50 bits per heavy atom. The van der Waals surface area contributed by atoms with Gasteiger partial charge in [-0.2, -0.15) is 0 Å². The number of ether oxygens (including phenoxy) is 2. The lowest BCUT2D eigenvalue weighted by Crippen LogP contribution is -2.43. The Balaban J connectivity index is 1.61. The molecule has 0 atom stereocenters. The van der Waals surface area contributed by atoms with Crippen molar-refractivity contribution < 1.29 is 14.3 Å². The van der Waals surface area contributed by atoms with Crippen LogP contribution < -0.4 is 10.1 Å². The van der Waals surface area contributed by atoms with Gasteiger partial charge in [0.25, 0.3) is 0 Å². The van der Waals surface area contributed by atoms with Crippen LogP contribution in [-0.2, 0) is 4.74 Å². The molecule has 0 N–H and O–H groups in total. The van der Waals surface area contributed by atoms with Crippen LogP contribution in [-0.4, -0.2) is 42.6 Å². The lowest BCUT2D eigenvalue weighted by molar-refractivity contribution is 0.0201. The van der Waals surface area contributed by atoms with E-state index in [0.29, 0.717) is 23.9 Å². The van der Waals surface area contributed by atoms with Crippen LogP contribution in [0.25, 0.3) is 11.4 Å². The van der Waals surface area contributed by atoms with Gasteiger partial charge in [-0.3, -0.25) is 0 Å². The quantitative estimate of drug-likeness (QED) is 0.435. The highest BCUT2D eigenvalue weighted by Crippen LogP contribution is 2.39. The van der Waals surface area contributed by atoms with Crippen LogP contribution in [0.1, 0.15) is 44.7 Å². The van der Waals surface area contributed by atoms with Crippen molar-refractivity contribution in [3.8, 4) is 5.75 Å². The van der Waals surface area contributed by atoms with Crippen molar-refractivity contribution in [3.63, 3.8) is 0 Å². The fourth-order valence-electron chi connectivity index (χ4n) is 4.08. The molecule has 34 heavy (non-hydrogen) atoms. The van der Waals surface area contributed by atoms with Crippen LogP contribution in [0.3, 0.4) is 0 Å². The number of amides is 1. The van der Waals surface area contributed by atoms with E-state index in [2.05, 4.69) is 15.9 Å². The van der Waals surface area contributed by atoms with Crippen molar-refractivity contribution in [2.24, 2.45) is 10.9 Å². The molecule has 179 valence electrons. The van der Waals surface area contributed by atoms with Gasteiger partial charge in [0, 0.05) is 39.6 Å². The molecule has 0 spiro atoms. The summed E-state index contributed by atoms with van der Waals surface area (Å²) in [5, 5.41) is 5.59. The second-order valence-corrected chi connectivity index (χ2v) is 10.7. The predicted octanol–water partition coefficient (Wildman–Crippen LogP) is 6.60. The topological polar surface area (TPSA) is 65.2 Å². The largest absolute Gasteiger partial charge is 0.496 e. The molecule has 2 aromatic carbocycles. The first-order valence-corrected chi connectivity index (χ1v) is 12.4. The van der Waals surface area contributed by atoms with Gasteiger partial charge >= 0.3 is 6.09 Å². The van der Waals surface area contributed by atoms with Crippen LogP contribution in [0.15, 0.2) is 51.9 Å². The standard InChI is InChI=1S/C26H28BrClN3O3/c1-26(2,3)34-25(32)31-12-10-16(11-13-31)24-29-22(17-6-5-7-18(27)14-17)23(30-24)20-15-19(28)8-9-21(20)33-4/h5-9,14-16H,10-13H2,1-4H3. The Kier molecular flexibility index (Phi) is 7.24. The van der Waals surface area contributed by atoms with Gasteiger partial charge in [-0.05, 0) is 63.9 Å². The van der Waals surface area contributed by atoms with Crippen molar-refractivity contribution in [1.82, 2.24) is 10.2 Å². The molecule has 1 amide bonds. The number of nitrogens with zero attached hydrogens (tertiary/aromatic N) is 3. The van der Waals surface area contributed by atoms with Crippen LogP contribution in [0, 0.1) is 5.92 Å². The molecule has 2 aliphatic heterocycles. The number of carbonyl (C=O) groups is 1. The molecule has 2 aromatic rings. The molecule has 1 fully saturated rings. The van der Waals surface area contributed by atoms with Crippen molar-refractivity contribution in [2.45, 2.75) is 39.2 Å². The van der Waals surface area contributed by atoms with E-state index in [1.54, 1.807) is 18.1 Å². The fourth-order valence-corrected chi connectivity index (χ4v) is 4.65. The Bertz CT molecular complexity index is 1150. The van der Waals surface area contributed by atoms with E-state index < -0.39 is 5.60 Å². The molecule has 0 bridgehead atoms. The van der Waals surface area contributed by atoms with Crippen molar-refractivity contribution in [1.29, 1.82) is 0 Å². The number of amidine groups is 1. The van der Waals surface area contributed by atoms with Gasteiger partial charge < -0.3 is 14.4 Å². The molecule has 0 saturated carbocycles. The minimum absolute atomic E-state index is 0.142. The molecule has 0 aromatic heterocycles. The maximum Gasteiger partial charge on any atom is 0.410 e. The minimum atomic E-state index is -0.507. The van der Waals surface area contributed by atoms with E-state index in [9.17, 15) is 4.79 Å². The first-order chi connectivity index (χ1) is 16.1. The number of benzene rings is 2. The second kappa shape index (κ2) is 10.0. The highest BCUT2D eigenvalue weighted by Gasteiger charge is 2.33.